The average molecular weight is 630 g/mol. The van der Waals surface area contributed by atoms with Crippen molar-refractivity contribution < 1.29 is 23.4 Å². The van der Waals surface area contributed by atoms with Crippen molar-refractivity contribution in [3.8, 4) is 0 Å². The van der Waals surface area contributed by atoms with Crippen LogP contribution in [0.1, 0.15) is 119 Å². The first-order valence-electron chi connectivity index (χ1n) is 17.5. The van der Waals surface area contributed by atoms with E-state index in [0.717, 1.165) is 56.9 Å². The number of carbonyl (C=O) groups excluding carboxylic acids is 1. The second kappa shape index (κ2) is 12.0. The molecule has 1 aromatic rings. The fourth-order valence-electron chi connectivity index (χ4n) is 11.2. The third-order valence-corrected chi connectivity index (χ3v) is 15.0. The molecular formula is C37H59NO5S. The number of aliphatic hydroxyl groups excluding tert-OH is 2. The van der Waals surface area contributed by atoms with Gasteiger partial charge in [0, 0.05) is 5.92 Å². The Morgan fingerprint density at radius 2 is 1.57 bits per heavy atom. The number of sulfonamides is 1. The van der Waals surface area contributed by atoms with Gasteiger partial charge in [0.25, 0.3) is 10.0 Å². The highest BCUT2D eigenvalue weighted by molar-refractivity contribution is 7.90. The van der Waals surface area contributed by atoms with Crippen LogP contribution in [-0.2, 0) is 20.2 Å². The number of nitrogens with one attached hydrogen (secondary N) is 1. The number of rotatable bonds is 7. The van der Waals surface area contributed by atoms with Crippen molar-refractivity contribution in [2.75, 3.05) is 0 Å². The van der Waals surface area contributed by atoms with Crippen molar-refractivity contribution in [3.05, 3.63) is 29.8 Å². The van der Waals surface area contributed by atoms with E-state index in [1.54, 1.807) is 12.1 Å². The zero-order valence-corrected chi connectivity index (χ0v) is 29.3. The number of aliphatic hydroxyl groups is 2. The molecule has 12 atom stereocenters. The van der Waals surface area contributed by atoms with Crippen LogP contribution in [0.3, 0.4) is 0 Å². The molecule has 3 N–H and O–H groups in total. The molecule has 4 aliphatic carbocycles. The molecule has 0 aliphatic heterocycles. The monoisotopic (exact) mass is 629 g/mol. The van der Waals surface area contributed by atoms with E-state index in [-0.39, 0.29) is 45.2 Å². The smallest absolute Gasteiger partial charge is 0.264 e. The normalized spacial score (nSPS) is 40.3. The molecule has 248 valence electrons. The average Bonchev–Trinajstić information content (AvgIpc) is 3.30. The molecule has 0 bridgehead atoms. The highest BCUT2D eigenvalue weighted by Crippen LogP contribution is 2.69. The summed E-state index contributed by atoms with van der Waals surface area (Å²) >= 11 is 0. The lowest BCUT2D eigenvalue weighted by molar-refractivity contribution is -0.203. The zero-order valence-electron chi connectivity index (χ0n) is 28.5. The predicted molar refractivity (Wildman–Crippen MR) is 175 cm³/mol. The summed E-state index contributed by atoms with van der Waals surface area (Å²) in [5, 5.41) is 22.5. The summed E-state index contributed by atoms with van der Waals surface area (Å²) in [5.74, 6) is 1.73. The van der Waals surface area contributed by atoms with Crippen molar-refractivity contribution in [2.45, 2.75) is 136 Å². The van der Waals surface area contributed by atoms with Gasteiger partial charge in [-0.15, -0.1) is 0 Å². The number of hydrogen-bond donors (Lipinski definition) is 3. The van der Waals surface area contributed by atoms with E-state index < -0.39 is 21.8 Å². The Kier molecular flexibility index (Phi) is 9.23. The van der Waals surface area contributed by atoms with Crippen LogP contribution >= 0.6 is 0 Å². The Bertz CT molecular complexity index is 1300. The van der Waals surface area contributed by atoms with Gasteiger partial charge in [0.05, 0.1) is 17.1 Å². The van der Waals surface area contributed by atoms with Crippen LogP contribution in [0.2, 0.25) is 0 Å². The van der Waals surface area contributed by atoms with Crippen LogP contribution in [0.15, 0.2) is 29.2 Å². The van der Waals surface area contributed by atoms with Crippen molar-refractivity contribution >= 4 is 15.9 Å². The van der Waals surface area contributed by atoms with Gasteiger partial charge in [0.2, 0.25) is 5.91 Å². The van der Waals surface area contributed by atoms with E-state index in [1.807, 2.05) is 19.1 Å². The number of benzene rings is 1. The summed E-state index contributed by atoms with van der Waals surface area (Å²) in [4.78, 5) is 13.3. The molecule has 0 heterocycles. The van der Waals surface area contributed by atoms with E-state index >= 15 is 0 Å². The van der Waals surface area contributed by atoms with Gasteiger partial charge in [-0.25, -0.2) is 13.1 Å². The number of carbonyl (C=O) groups is 1. The standard InChI is InChI=1S/C37H59NO5S/c1-9-27-31-21-25(39)16-18-37(31,8)30-17-19-36(7)28(14-15-29(36)32(30)33(27)40)22(2)20-23(3)34(41)38-44(42,43)26-12-10-24(11-13-26)35(4,5)6/h10-13,22-23,25,27-33,39-40H,9,14-21H2,1-8H3,(H,38,41)/t22-,23?,25-,27-,28-,29+,30?,31?,32+,33-,36?,37?/m1/s1. The first kappa shape index (κ1) is 33.9. The molecule has 4 saturated carbocycles. The Hall–Kier alpha value is -1.44. The molecule has 44 heavy (non-hydrogen) atoms. The van der Waals surface area contributed by atoms with Gasteiger partial charge in [-0.1, -0.05) is 73.9 Å². The van der Waals surface area contributed by atoms with Gasteiger partial charge >= 0.3 is 0 Å². The lowest BCUT2D eigenvalue weighted by atomic mass is 9.41. The molecule has 1 aromatic carbocycles. The highest BCUT2D eigenvalue weighted by Gasteiger charge is 2.64. The Labute approximate surface area is 267 Å². The van der Waals surface area contributed by atoms with Crippen LogP contribution in [-0.4, -0.2) is 36.7 Å². The van der Waals surface area contributed by atoms with Crippen LogP contribution in [0.4, 0.5) is 0 Å². The van der Waals surface area contributed by atoms with E-state index in [2.05, 4.69) is 53.2 Å². The van der Waals surface area contributed by atoms with Crippen molar-refractivity contribution in [2.24, 2.45) is 58.2 Å². The summed E-state index contributed by atoms with van der Waals surface area (Å²) in [7, 11) is -3.94. The minimum absolute atomic E-state index is 0.0854. The second-order valence-corrected chi connectivity index (χ2v) is 18.7. The molecule has 1 amide bonds. The molecule has 5 rings (SSSR count). The summed E-state index contributed by atoms with van der Waals surface area (Å²) in [6, 6.07) is 6.81. The Balaban J connectivity index is 1.27. The molecule has 6 nitrogen and oxygen atoms in total. The van der Waals surface area contributed by atoms with Gasteiger partial charge in [-0.05, 0) is 127 Å². The lowest BCUT2D eigenvalue weighted by Gasteiger charge is -2.64. The minimum atomic E-state index is -3.94. The Morgan fingerprint density at radius 3 is 2.18 bits per heavy atom. The molecule has 4 fully saturated rings. The highest BCUT2D eigenvalue weighted by atomic mass is 32.2. The van der Waals surface area contributed by atoms with Gasteiger partial charge in [-0.3, -0.25) is 4.79 Å². The van der Waals surface area contributed by atoms with Crippen molar-refractivity contribution in [1.82, 2.24) is 4.72 Å². The topological polar surface area (TPSA) is 104 Å². The first-order valence-corrected chi connectivity index (χ1v) is 19.0. The number of amides is 1. The zero-order chi connectivity index (χ0) is 32.4. The SMILES string of the molecule is CC[C@@H]1C2C[C@H](O)CCC2(C)C2CCC3(C)[C@@H]([C@H](C)CC(C)C(=O)NS(=O)(=O)c4ccc(C(C)(C)C)cc4)CC[C@H]3[C@@H]2[C@@H]1O. The van der Waals surface area contributed by atoms with Gasteiger partial charge in [-0.2, -0.15) is 0 Å². The maximum Gasteiger partial charge on any atom is 0.264 e. The molecule has 0 radical (unpaired) electrons. The fourth-order valence-corrected chi connectivity index (χ4v) is 12.3. The molecular weight excluding hydrogens is 570 g/mol. The second-order valence-electron chi connectivity index (χ2n) is 17.0. The van der Waals surface area contributed by atoms with Crippen LogP contribution in [0, 0.1) is 58.2 Å². The third kappa shape index (κ3) is 5.81. The maximum absolute atomic E-state index is 13.2. The van der Waals surface area contributed by atoms with Crippen LogP contribution in [0.25, 0.3) is 0 Å². The largest absolute Gasteiger partial charge is 0.393 e. The quantitative estimate of drug-likeness (QED) is 0.299. The van der Waals surface area contributed by atoms with Crippen molar-refractivity contribution in [3.63, 3.8) is 0 Å². The molecule has 5 unspecified atom stereocenters. The first-order chi connectivity index (χ1) is 20.4. The number of fused-ring (bicyclic) bond motifs is 5. The number of hydrogen-bond acceptors (Lipinski definition) is 5. The third-order valence-electron chi connectivity index (χ3n) is 13.6. The summed E-state index contributed by atoms with van der Waals surface area (Å²) in [5.41, 5.74) is 1.24. The molecule has 7 heteroatoms. The molecule has 4 aliphatic rings. The lowest BCUT2D eigenvalue weighted by Crippen LogP contribution is -2.62. The predicted octanol–water partition coefficient (Wildman–Crippen LogP) is 7.08. The molecule has 0 saturated heterocycles. The molecule has 0 aromatic heterocycles. The Morgan fingerprint density at radius 1 is 0.955 bits per heavy atom. The van der Waals surface area contributed by atoms with Gasteiger partial charge in [0.15, 0.2) is 0 Å². The summed E-state index contributed by atoms with van der Waals surface area (Å²) in [6.07, 6.45) is 8.28. The van der Waals surface area contributed by atoms with E-state index in [0.29, 0.717) is 36.0 Å². The summed E-state index contributed by atoms with van der Waals surface area (Å²) < 4.78 is 28.5. The summed E-state index contributed by atoms with van der Waals surface area (Å²) in [6.45, 7) is 17.5. The van der Waals surface area contributed by atoms with E-state index in [9.17, 15) is 23.4 Å². The van der Waals surface area contributed by atoms with Crippen LogP contribution < -0.4 is 4.72 Å². The maximum atomic E-state index is 13.2. The van der Waals surface area contributed by atoms with Crippen LogP contribution in [0.5, 0.6) is 0 Å². The van der Waals surface area contributed by atoms with Gasteiger partial charge < -0.3 is 10.2 Å². The fraction of sp³-hybridized carbons (Fsp3) is 0.811. The molecule has 0 spiro atoms. The van der Waals surface area contributed by atoms with E-state index in [4.69, 9.17) is 0 Å². The van der Waals surface area contributed by atoms with E-state index in [1.165, 1.54) is 0 Å². The minimum Gasteiger partial charge on any atom is -0.393 e. The van der Waals surface area contributed by atoms with Crippen molar-refractivity contribution in [1.29, 1.82) is 0 Å². The van der Waals surface area contributed by atoms with Gasteiger partial charge in [0.1, 0.15) is 0 Å².